The summed E-state index contributed by atoms with van der Waals surface area (Å²) in [5, 5.41) is 12.9. The number of aromatic nitrogens is 2. The number of nitrogen functional groups attached to an aromatic ring is 1. The highest BCUT2D eigenvalue weighted by molar-refractivity contribution is 5.92. The van der Waals surface area contributed by atoms with Crippen molar-refractivity contribution in [2.24, 2.45) is 0 Å². The molecule has 2 rings (SSSR count). The number of hydrogen-bond donors (Lipinski definition) is 1. The molecule has 0 aliphatic carbocycles. The molecule has 1 aromatic carbocycles. The molecule has 0 aliphatic heterocycles. The molecule has 2 aromatic rings. The van der Waals surface area contributed by atoms with Crippen molar-refractivity contribution in [1.29, 1.82) is 5.26 Å². The van der Waals surface area contributed by atoms with E-state index in [2.05, 4.69) is 5.10 Å². The maximum Gasteiger partial charge on any atom is 0.274 e. The number of hydrogen-bond acceptors (Lipinski definition) is 4. The third kappa shape index (κ3) is 3.39. The Hall–Kier alpha value is -2.81. The van der Waals surface area contributed by atoms with Gasteiger partial charge in [-0.2, -0.15) is 10.4 Å². The number of rotatable bonds is 5. The van der Waals surface area contributed by atoms with Gasteiger partial charge in [0.25, 0.3) is 5.91 Å². The quantitative estimate of drug-likeness (QED) is 0.848. The van der Waals surface area contributed by atoms with Crippen molar-refractivity contribution in [1.82, 2.24) is 14.7 Å². The minimum Gasteiger partial charge on any atom is -0.399 e. The molecule has 2 N–H and O–H groups in total. The first kappa shape index (κ1) is 14.6. The van der Waals surface area contributed by atoms with Crippen LogP contribution in [0.3, 0.4) is 0 Å². The first-order valence-corrected chi connectivity index (χ1v) is 6.73. The lowest BCUT2D eigenvalue weighted by molar-refractivity contribution is 0.0761. The summed E-state index contributed by atoms with van der Waals surface area (Å²) < 4.78 is 1.63. The van der Waals surface area contributed by atoms with E-state index in [0.29, 0.717) is 30.9 Å². The second-order valence-corrected chi connectivity index (χ2v) is 4.53. The zero-order chi connectivity index (χ0) is 15.2. The van der Waals surface area contributed by atoms with Crippen LogP contribution < -0.4 is 5.73 Å². The molecule has 0 atom stereocenters. The third-order valence-electron chi connectivity index (χ3n) is 3.13. The van der Waals surface area contributed by atoms with Gasteiger partial charge in [-0.15, -0.1) is 0 Å². The zero-order valence-corrected chi connectivity index (χ0v) is 11.9. The molecule has 0 bridgehead atoms. The van der Waals surface area contributed by atoms with Crippen molar-refractivity contribution in [3.05, 3.63) is 42.2 Å². The van der Waals surface area contributed by atoms with E-state index in [1.54, 1.807) is 34.0 Å². The first-order valence-electron chi connectivity index (χ1n) is 6.73. The lowest BCUT2D eigenvalue weighted by Crippen LogP contribution is -2.32. The largest absolute Gasteiger partial charge is 0.399 e. The molecule has 0 spiro atoms. The van der Waals surface area contributed by atoms with Crippen molar-refractivity contribution in [3.8, 4) is 11.8 Å². The van der Waals surface area contributed by atoms with Gasteiger partial charge >= 0.3 is 0 Å². The molecular formula is C15H17N5O. The van der Waals surface area contributed by atoms with Gasteiger partial charge in [0.15, 0.2) is 5.69 Å². The van der Waals surface area contributed by atoms with Crippen molar-refractivity contribution < 1.29 is 4.79 Å². The number of amides is 1. The van der Waals surface area contributed by atoms with Crippen LogP contribution in [-0.2, 0) is 0 Å². The minimum atomic E-state index is -0.165. The smallest absolute Gasteiger partial charge is 0.274 e. The highest BCUT2D eigenvalue weighted by Gasteiger charge is 2.16. The van der Waals surface area contributed by atoms with Gasteiger partial charge in [-0.25, -0.2) is 4.68 Å². The van der Waals surface area contributed by atoms with Gasteiger partial charge in [0.1, 0.15) is 0 Å². The first-order chi connectivity index (χ1) is 10.2. The molecular weight excluding hydrogens is 266 g/mol. The Morgan fingerprint density at radius 3 is 2.71 bits per heavy atom. The Balaban J connectivity index is 2.17. The molecule has 1 heterocycles. The molecule has 0 aliphatic rings. The highest BCUT2D eigenvalue weighted by atomic mass is 16.2. The lowest BCUT2D eigenvalue weighted by atomic mass is 10.3. The number of anilines is 1. The second kappa shape index (κ2) is 6.57. The summed E-state index contributed by atoms with van der Waals surface area (Å²) >= 11 is 0. The van der Waals surface area contributed by atoms with E-state index in [1.807, 2.05) is 25.1 Å². The van der Waals surface area contributed by atoms with Crippen LogP contribution >= 0.6 is 0 Å². The van der Waals surface area contributed by atoms with Gasteiger partial charge in [0, 0.05) is 25.0 Å². The van der Waals surface area contributed by atoms with Crippen LogP contribution in [0.25, 0.3) is 5.69 Å². The summed E-state index contributed by atoms with van der Waals surface area (Å²) in [6.45, 7) is 2.85. The fraction of sp³-hybridized carbons (Fsp3) is 0.267. The number of nitriles is 1. The fourth-order valence-electron chi connectivity index (χ4n) is 1.96. The SMILES string of the molecule is CCN(CCC#N)C(=O)c1ccn(-c2ccc(N)cc2)n1. The Morgan fingerprint density at radius 1 is 1.38 bits per heavy atom. The average Bonchev–Trinajstić information content (AvgIpc) is 2.98. The van der Waals surface area contributed by atoms with E-state index >= 15 is 0 Å². The number of carbonyl (C=O) groups excluding carboxylic acids is 1. The Kier molecular flexibility index (Phi) is 4.57. The molecule has 21 heavy (non-hydrogen) atoms. The maximum atomic E-state index is 12.3. The van der Waals surface area contributed by atoms with Gasteiger partial charge in [0.2, 0.25) is 0 Å². The molecule has 108 valence electrons. The number of carbonyl (C=O) groups is 1. The monoisotopic (exact) mass is 283 g/mol. The van der Waals surface area contributed by atoms with Gasteiger partial charge in [-0.3, -0.25) is 4.79 Å². The van der Waals surface area contributed by atoms with Crippen LogP contribution in [0, 0.1) is 11.3 Å². The van der Waals surface area contributed by atoms with Crippen LogP contribution in [0.15, 0.2) is 36.5 Å². The van der Waals surface area contributed by atoms with E-state index in [1.165, 1.54) is 0 Å². The Morgan fingerprint density at radius 2 is 2.10 bits per heavy atom. The molecule has 0 saturated heterocycles. The molecule has 0 radical (unpaired) electrons. The van der Waals surface area contributed by atoms with E-state index < -0.39 is 0 Å². The van der Waals surface area contributed by atoms with E-state index in [9.17, 15) is 4.79 Å². The van der Waals surface area contributed by atoms with Gasteiger partial charge in [-0.05, 0) is 37.3 Å². The van der Waals surface area contributed by atoms with Crippen LogP contribution in [0.1, 0.15) is 23.8 Å². The summed E-state index contributed by atoms with van der Waals surface area (Å²) in [6.07, 6.45) is 2.05. The van der Waals surface area contributed by atoms with Crippen LogP contribution in [0.2, 0.25) is 0 Å². The summed E-state index contributed by atoms with van der Waals surface area (Å²) in [5.41, 5.74) is 7.53. The highest BCUT2D eigenvalue weighted by Crippen LogP contribution is 2.11. The van der Waals surface area contributed by atoms with E-state index in [4.69, 9.17) is 11.0 Å². The molecule has 0 fully saturated rings. The number of benzene rings is 1. The van der Waals surface area contributed by atoms with Gasteiger partial charge in [0.05, 0.1) is 18.2 Å². The summed E-state index contributed by atoms with van der Waals surface area (Å²) in [4.78, 5) is 13.9. The molecule has 0 unspecified atom stereocenters. The summed E-state index contributed by atoms with van der Waals surface area (Å²) in [5.74, 6) is -0.165. The molecule has 6 nitrogen and oxygen atoms in total. The van der Waals surface area contributed by atoms with Crippen LogP contribution in [0.5, 0.6) is 0 Å². The molecule has 0 saturated carbocycles. The zero-order valence-electron chi connectivity index (χ0n) is 11.9. The second-order valence-electron chi connectivity index (χ2n) is 4.53. The molecule has 6 heteroatoms. The predicted molar refractivity (Wildman–Crippen MR) is 79.8 cm³/mol. The standard InChI is InChI=1S/C15H17N5O/c1-2-19(10-3-9-16)15(21)14-8-11-20(18-14)13-6-4-12(17)5-7-13/h4-8,11H,2-3,10,17H2,1H3. The van der Waals surface area contributed by atoms with Gasteiger partial charge in [-0.1, -0.05) is 0 Å². The van der Waals surface area contributed by atoms with Crippen molar-refractivity contribution in [3.63, 3.8) is 0 Å². The predicted octanol–water partition coefficient (Wildman–Crippen LogP) is 1.83. The normalized spacial score (nSPS) is 10.1. The minimum absolute atomic E-state index is 0.165. The number of nitrogens with two attached hydrogens (primary N) is 1. The number of nitrogens with zero attached hydrogens (tertiary/aromatic N) is 4. The topological polar surface area (TPSA) is 87.9 Å². The van der Waals surface area contributed by atoms with Crippen LogP contribution in [-0.4, -0.2) is 33.7 Å². The van der Waals surface area contributed by atoms with E-state index in [-0.39, 0.29) is 5.91 Å². The van der Waals surface area contributed by atoms with Gasteiger partial charge < -0.3 is 10.6 Å². The fourth-order valence-corrected chi connectivity index (χ4v) is 1.96. The average molecular weight is 283 g/mol. The summed E-state index contributed by atoms with van der Waals surface area (Å²) in [6, 6.07) is 11.0. The Labute approximate surface area is 123 Å². The van der Waals surface area contributed by atoms with Crippen LogP contribution in [0.4, 0.5) is 5.69 Å². The lowest BCUT2D eigenvalue weighted by Gasteiger charge is -2.17. The molecule has 1 aromatic heterocycles. The third-order valence-corrected chi connectivity index (χ3v) is 3.13. The van der Waals surface area contributed by atoms with Crippen molar-refractivity contribution in [2.45, 2.75) is 13.3 Å². The summed E-state index contributed by atoms with van der Waals surface area (Å²) in [7, 11) is 0. The van der Waals surface area contributed by atoms with Crippen molar-refractivity contribution in [2.75, 3.05) is 18.8 Å². The molecule has 1 amide bonds. The van der Waals surface area contributed by atoms with E-state index in [0.717, 1.165) is 5.69 Å². The Bertz CT molecular complexity index is 653. The van der Waals surface area contributed by atoms with Crippen molar-refractivity contribution >= 4 is 11.6 Å². The maximum absolute atomic E-state index is 12.3.